The van der Waals surface area contributed by atoms with Crippen molar-refractivity contribution in [3.8, 4) is 11.3 Å². The second kappa shape index (κ2) is 5.87. The maximum atomic E-state index is 5.91. The number of furan rings is 1. The molecule has 0 aliphatic heterocycles. The lowest BCUT2D eigenvalue weighted by Gasteiger charge is -2.09. The van der Waals surface area contributed by atoms with Gasteiger partial charge in [-0.1, -0.05) is 36.8 Å². The molecule has 18 heavy (non-hydrogen) atoms. The summed E-state index contributed by atoms with van der Waals surface area (Å²) in [4.78, 5) is 0. The molecule has 0 aliphatic rings. The zero-order valence-electron chi connectivity index (χ0n) is 11.4. The molecule has 1 atom stereocenters. The van der Waals surface area contributed by atoms with Gasteiger partial charge in [-0.3, -0.25) is 0 Å². The van der Waals surface area contributed by atoms with Crippen LogP contribution in [0, 0.1) is 6.92 Å². The Morgan fingerprint density at radius 3 is 2.50 bits per heavy atom. The fraction of sp³-hybridized carbons (Fsp3) is 0.375. The van der Waals surface area contributed by atoms with Crippen LogP contribution in [0.15, 0.2) is 40.8 Å². The molecular weight excluding hydrogens is 222 g/mol. The van der Waals surface area contributed by atoms with Crippen molar-refractivity contribution in [1.82, 2.24) is 5.32 Å². The number of hydrogen-bond acceptors (Lipinski definition) is 2. The zero-order valence-corrected chi connectivity index (χ0v) is 11.4. The molecule has 0 spiro atoms. The van der Waals surface area contributed by atoms with Gasteiger partial charge in [0.15, 0.2) is 0 Å². The number of benzene rings is 1. The van der Waals surface area contributed by atoms with Crippen LogP contribution in [0.1, 0.15) is 37.6 Å². The SMILES string of the molecule is CCCNC(C)c1ccc(-c2ccc(C)cc2)o1. The molecule has 0 bridgehead atoms. The summed E-state index contributed by atoms with van der Waals surface area (Å²) in [6.45, 7) is 7.41. The Bertz CT molecular complexity index is 484. The number of rotatable bonds is 5. The molecule has 2 rings (SSSR count). The first-order valence-electron chi connectivity index (χ1n) is 6.61. The van der Waals surface area contributed by atoms with Gasteiger partial charge in [-0.05, 0) is 38.9 Å². The highest BCUT2D eigenvalue weighted by Gasteiger charge is 2.10. The van der Waals surface area contributed by atoms with Crippen LogP contribution >= 0.6 is 0 Å². The minimum atomic E-state index is 0.268. The van der Waals surface area contributed by atoms with Crippen molar-refractivity contribution >= 4 is 0 Å². The second-order valence-corrected chi connectivity index (χ2v) is 4.74. The van der Waals surface area contributed by atoms with Crippen LogP contribution in [0.25, 0.3) is 11.3 Å². The Balaban J connectivity index is 2.12. The van der Waals surface area contributed by atoms with Crippen molar-refractivity contribution in [2.75, 3.05) is 6.54 Å². The fourth-order valence-corrected chi connectivity index (χ4v) is 1.92. The van der Waals surface area contributed by atoms with Crippen molar-refractivity contribution < 1.29 is 4.42 Å². The minimum Gasteiger partial charge on any atom is -0.459 e. The van der Waals surface area contributed by atoms with E-state index in [1.807, 2.05) is 6.07 Å². The molecule has 2 heteroatoms. The molecule has 0 aliphatic carbocycles. The molecule has 1 aromatic carbocycles. The Labute approximate surface area is 109 Å². The highest BCUT2D eigenvalue weighted by Crippen LogP contribution is 2.25. The summed E-state index contributed by atoms with van der Waals surface area (Å²) < 4.78 is 5.91. The third-order valence-electron chi connectivity index (χ3n) is 3.09. The predicted octanol–water partition coefficient (Wildman–Crippen LogP) is 4.32. The Morgan fingerprint density at radius 1 is 1.11 bits per heavy atom. The highest BCUT2D eigenvalue weighted by atomic mass is 16.3. The van der Waals surface area contributed by atoms with Gasteiger partial charge in [-0.15, -0.1) is 0 Å². The first-order chi connectivity index (χ1) is 8.70. The molecule has 2 nitrogen and oxygen atoms in total. The largest absolute Gasteiger partial charge is 0.459 e. The third-order valence-corrected chi connectivity index (χ3v) is 3.09. The summed E-state index contributed by atoms with van der Waals surface area (Å²) in [6, 6.07) is 12.8. The lowest BCUT2D eigenvalue weighted by Crippen LogP contribution is -2.18. The van der Waals surface area contributed by atoms with Crippen molar-refractivity contribution in [3.63, 3.8) is 0 Å². The first kappa shape index (κ1) is 12.9. The summed E-state index contributed by atoms with van der Waals surface area (Å²) >= 11 is 0. The minimum absolute atomic E-state index is 0.268. The normalized spacial score (nSPS) is 12.6. The molecule has 0 fully saturated rings. The van der Waals surface area contributed by atoms with Crippen LogP contribution in [0.4, 0.5) is 0 Å². The van der Waals surface area contributed by atoms with Gasteiger partial charge in [-0.2, -0.15) is 0 Å². The van der Waals surface area contributed by atoms with Crippen molar-refractivity contribution in [1.29, 1.82) is 0 Å². The lowest BCUT2D eigenvalue weighted by molar-refractivity contribution is 0.439. The molecular formula is C16H21NO. The van der Waals surface area contributed by atoms with E-state index < -0.39 is 0 Å². The number of aryl methyl sites for hydroxylation is 1. The molecule has 1 heterocycles. The van der Waals surface area contributed by atoms with Gasteiger partial charge in [0.25, 0.3) is 0 Å². The van der Waals surface area contributed by atoms with Gasteiger partial charge < -0.3 is 9.73 Å². The summed E-state index contributed by atoms with van der Waals surface area (Å²) in [7, 11) is 0. The number of hydrogen-bond donors (Lipinski definition) is 1. The topological polar surface area (TPSA) is 25.2 Å². The predicted molar refractivity (Wildman–Crippen MR) is 75.6 cm³/mol. The second-order valence-electron chi connectivity index (χ2n) is 4.74. The summed E-state index contributed by atoms with van der Waals surface area (Å²) in [5.74, 6) is 1.94. The molecule has 0 radical (unpaired) electrons. The monoisotopic (exact) mass is 243 g/mol. The Hall–Kier alpha value is -1.54. The van der Waals surface area contributed by atoms with Crippen LogP contribution in [0.3, 0.4) is 0 Å². The fourth-order valence-electron chi connectivity index (χ4n) is 1.92. The van der Waals surface area contributed by atoms with E-state index >= 15 is 0 Å². The van der Waals surface area contributed by atoms with E-state index in [4.69, 9.17) is 4.42 Å². The molecule has 0 saturated carbocycles. The van der Waals surface area contributed by atoms with E-state index in [1.165, 1.54) is 5.56 Å². The summed E-state index contributed by atoms with van der Waals surface area (Å²) in [5, 5.41) is 3.43. The molecule has 1 unspecified atom stereocenters. The first-order valence-corrected chi connectivity index (χ1v) is 6.61. The van der Waals surface area contributed by atoms with Crippen LogP contribution in [-0.2, 0) is 0 Å². The zero-order chi connectivity index (χ0) is 13.0. The van der Waals surface area contributed by atoms with E-state index in [-0.39, 0.29) is 6.04 Å². The van der Waals surface area contributed by atoms with Crippen LogP contribution in [-0.4, -0.2) is 6.54 Å². The van der Waals surface area contributed by atoms with Crippen molar-refractivity contribution in [2.24, 2.45) is 0 Å². The molecule has 1 N–H and O–H groups in total. The van der Waals surface area contributed by atoms with Crippen molar-refractivity contribution in [3.05, 3.63) is 47.7 Å². The van der Waals surface area contributed by atoms with Crippen LogP contribution in [0.5, 0.6) is 0 Å². The van der Waals surface area contributed by atoms with E-state index in [9.17, 15) is 0 Å². The maximum absolute atomic E-state index is 5.91. The van der Waals surface area contributed by atoms with E-state index in [0.29, 0.717) is 0 Å². The van der Waals surface area contributed by atoms with E-state index in [2.05, 4.69) is 56.4 Å². The molecule has 1 aromatic heterocycles. The van der Waals surface area contributed by atoms with Crippen LogP contribution < -0.4 is 5.32 Å². The highest BCUT2D eigenvalue weighted by molar-refractivity contribution is 5.57. The smallest absolute Gasteiger partial charge is 0.134 e. The summed E-state index contributed by atoms with van der Waals surface area (Å²) in [5.41, 5.74) is 2.40. The third kappa shape index (κ3) is 3.02. The molecule has 0 saturated heterocycles. The Morgan fingerprint density at radius 2 is 1.83 bits per heavy atom. The van der Waals surface area contributed by atoms with Gasteiger partial charge in [0.05, 0.1) is 6.04 Å². The number of nitrogens with one attached hydrogen (secondary N) is 1. The lowest BCUT2D eigenvalue weighted by atomic mass is 10.1. The summed E-state index contributed by atoms with van der Waals surface area (Å²) in [6.07, 6.45) is 1.13. The van der Waals surface area contributed by atoms with Gasteiger partial charge in [0, 0.05) is 5.56 Å². The van der Waals surface area contributed by atoms with E-state index in [1.54, 1.807) is 0 Å². The molecule has 96 valence electrons. The average Bonchev–Trinajstić information content (AvgIpc) is 2.86. The van der Waals surface area contributed by atoms with Crippen molar-refractivity contribution in [2.45, 2.75) is 33.2 Å². The van der Waals surface area contributed by atoms with Gasteiger partial charge in [0.2, 0.25) is 0 Å². The average molecular weight is 243 g/mol. The van der Waals surface area contributed by atoms with Gasteiger partial charge in [0.1, 0.15) is 11.5 Å². The quantitative estimate of drug-likeness (QED) is 0.846. The maximum Gasteiger partial charge on any atom is 0.134 e. The van der Waals surface area contributed by atoms with E-state index in [0.717, 1.165) is 30.0 Å². The molecule has 0 amide bonds. The van der Waals surface area contributed by atoms with Gasteiger partial charge in [-0.25, -0.2) is 0 Å². The Kier molecular flexibility index (Phi) is 4.21. The standard InChI is InChI=1S/C16H21NO/c1-4-11-17-13(3)15-9-10-16(18-15)14-7-5-12(2)6-8-14/h5-10,13,17H,4,11H2,1-3H3. The van der Waals surface area contributed by atoms with Crippen LogP contribution in [0.2, 0.25) is 0 Å². The molecule has 2 aromatic rings. The van der Waals surface area contributed by atoms with Gasteiger partial charge >= 0.3 is 0 Å².